The molecule has 0 saturated heterocycles. The van der Waals surface area contributed by atoms with Crippen LogP contribution in [0.15, 0.2) is 30.7 Å². The molecular formula is C20H22F3N5O4S. The Labute approximate surface area is 187 Å². The van der Waals surface area contributed by atoms with E-state index in [1.807, 2.05) is 0 Å². The van der Waals surface area contributed by atoms with Crippen molar-refractivity contribution in [3.8, 4) is 5.88 Å². The van der Waals surface area contributed by atoms with E-state index in [0.717, 1.165) is 6.26 Å². The van der Waals surface area contributed by atoms with E-state index < -0.39 is 28.5 Å². The van der Waals surface area contributed by atoms with E-state index in [4.69, 9.17) is 4.74 Å². The maximum absolute atomic E-state index is 12.5. The van der Waals surface area contributed by atoms with Gasteiger partial charge in [0.25, 0.3) is 5.91 Å². The van der Waals surface area contributed by atoms with Gasteiger partial charge in [-0.15, -0.1) is 0 Å². The summed E-state index contributed by atoms with van der Waals surface area (Å²) in [4.78, 5) is 20.6. The average molecular weight is 485 g/mol. The van der Waals surface area contributed by atoms with E-state index in [-0.39, 0.29) is 36.8 Å². The highest BCUT2D eigenvalue weighted by atomic mass is 32.2. The first-order valence-electron chi connectivity index (χ1n) is 9.84. The topological polar surface area (TPSA) is 116 Å². The summed E-state index contributed by atoms with van der Waals surface area (Å²) in [6.45, 7) is 0.623. The third kappa shape index (κ3) is 7.14. The first kappa shape index (κ1) is 24.4. The van der Waals surface area contributed by atoms with Gasteiger partial charge in [0, 0.05) is 37.0 Å². The number of halogens is 3. The molecule has 0 aromatic carbocycles. The van der Waals surface area contributed by atoms with Gasteiger partial charge in [-0.1, -0.05) is 0 Å². The molecule has 3 rings (SSSR count). The van der Waals surface area contributed by atoms with Gasteiger partial charge in [0.15, 0.2) is 6.61 Å². The quantitative estimate of drug-likeness (QED) is 0.462. The van der Waals surface area contributed by atoms with Gasteiger partial charge in [0.1, 0.15) is 15.5 Å². The van der Waals surface area contributed by atoms with E-state index >= 15 is 0 Å². The molecule has 0 unspecified atom stereocenters. The van der Waals surface area contributed by atoms with Crippen molar-refractivity contribution in [2.45, 2.75) is 26.1 Å². The molecule has 3 aromatic rings. The molecule has 0 aliphatic rings. The van der Waals surface area contributed by atoms with E-state index in [1.54, 1.807) is 29.9 Å². The summed E-state index contributed by atoms with van der Waals surface area (Å²) in [5.74, 6) is -0.575. The lowest BCUT2D eigenvalue weighted by molar-refractivity contribution is -0.154. The Morgan fingerprint density at radius 3 is 2.70 bits per heavy atom. The van der Waals surface area contributed by atoms with Gasteiger partial charge in [-0.2, -0.15) is 18.3 Å². The molecule has 1 amide bonds. The second-order valence-corrected chi connectivity index (χ2v) is 9.79. The van der Waals surface area contributed by atoms with Crippen LogP contribution < -0.4 is 10.1 Å². The molecule has 0 atom stereocenters. The molecule has 0 aliphatic carbocycles. The number of nitrogens with zero attached hydrogens (tertiary/aromatic N) is 4. The molecule has 0 spiro atoms. The number of aryl methyl sites for hydroxylation is 1. The van der Waals surface area contributed by atoms with Crippen LogP contribution in [0.4, 0.5) is 13.2 Å². The number of rotatable bonds is 9. The maximum atomic E-state index is 12.5. The number of alkyl halides is 3. The summed E-state index contributed by atoms with van der Waals surface area (Å²) < 4.78 is 65.7. The number of nitrogens with one attached hydrogen (secondary N) is 1. The van der Waals surface area contributed by atoms with Crippen molar-refractivity contribution in [1.82, 2.24) is 25.1 Å². The lowest BCUT2D eigenvalue weighted by Crippen LogP contribution is -2.26. The van der Waals surface area contributed by atoms with Gasteiger partial charge in [0.2, 0.25) is 5.88 Å². The van der Waals surface area contributed by atoms with Crippen LogP contribution in [0, 0.1) is 6.92 Å². The molecule has 0 radical (unpaired) electrons. The van der Waals surface area contributed by atoms with E-state index in [2.05, 4.69) is 20.4 Å². The number of amides is 1. The standard InChI is InChI=1S/C20H22F3N5O4S/c1-13-8-14(9-26-19(13)32-12-20(21,22)23)10-28-11-15-16(27-28)4-6-24-17(15)18(29)25-5-3-7-33(2,30)31/h4,6,8-9,11H,3,5,7,10,12H2,1-2H3,(H,25,29). The Balaban J connectivity index is 1.70. The number of hydrogen-bond donors (Lipinski definition) is 1. The van der Waals surface area contributed by atoms with Gasteiger partial charge < -0.3 is 10.1 Å². The molecule has 1 N–H and O–H groups in total. The number of hydrogen-bond acceptors (Lipinski definition) is 7. The van der Waals surface area contributed by atoms with E-state index in [9.17, 15) is 26.4 Å². The highest BCUT2D eigenvalue weighted by Crippen LogP contribution is 2.21. The molecule has 9 nitrogen and oxygen atoms in total. The summed E-state index contributed by atoms with van der Waals surface area (Å²) in [5, 5.41) is 7.57. The zero-order valence-corrected chi connectivity index (χ0v) is 18.7. The highest BCUT2D eigenvalue weighted by molar-refractivity contribution is 7.90. The minimum absolute atomic E-state index is 0.0314. The van der Waals surface area contributed by atoms with Crippen LogP contribution >= 0.6 is 0 Å². The van der Waals surface area contributed by atoms with Crippen molar-refractivity contribution in [1.29, 1.82) is 0 Å². The molecular weight excluding hydrogens is 463 g/mol. The zero-order chi connectivity index (χ0) is 24.2. The summed E-state index contributed by atoms with van der Waals surface area (Å²) >= 11 is 0. The molecule has 13 heteroatoms. The third-order valence-corrected chi connectivity index (χ3v) is 5.51. The largest absolute Gasteiger partial charge is 0.468 e. The fourth-order valence-electron chi connectivity index (χ4n) is 3.07. The predicted octanol–water partition coefficient (Wildman–Crippen LogP) is 2.29. The van der Waals surface area contributed by atoms with Crippen LogP contribution in [0.25, 0.3) is 10.9 Å². The van der Waals surface area contributed by atoms with Crippen LogP contribution in [0.3, 0.4) is 0 Å². The van der Waals surface area contributed by atoms with Crippen LogP contribution in [-0.2, 0) is 16.4 Å². The van der Waals surface area contributed by atoms with Crippen molar-refractivity contribution in [3.63, 3.8) is 0 Å². The molecule has 33 heavy (non-hydrogen) atoms. The lowest BCUT2D eigenvalue weighted by atomic mass is 10.2. The second-order valence-electron chi connectivity index (χ2n) is 7.53. The summed E-state index contributed by atoms with van der Waals surface area (Å²) in [7, 11) is -3.11. The Morgan fingerprint density at radius 1 is 1.27 bits per heavy atom. The van der Waals surface area contributed by atoms with Crippen molar-refractivity contribution in [2.24, 2.45) is 0 Å². The number of sulfone groups is 1. The minimum atomic E-state index is -4.45. The number of pyridine rings is 2. The fraction of sp³-hybridized carbons (Fsp3) is 0.400. The Hall–Kier alpha value is -3.22. The first-order valence-corrected chi connectivity index (χ1v) is 11.9. The Morgan fingerprint density at radius 2 is 2.03 bits per heavy atom. The molecule has 0 bridgehead atoms. The zero-order valence-electron chi connectivity index (χ0n) is 17.9. The van der Waals surface area contributed by atoms with E-state index in [0.29, 0.717) is 22.0 Å². The molecule has 3 aromatic heterocycles. The molecule has 0 aliphatic heterocycles. The fourth-order valence-corrected chi connectivity index (χ4v) is 3.74. The Bertz CT molecular complexity index is 1260. The number of carbonyl (C=O) groups is 1. The van der Waals surface area contributed by atoms with Crippen molar-refractivity contribution in [3.05, 3.63) is 47.5 Å². The third-order valence-electron chi connectivity index (χ3n) is 4.48. The Kier molecular flexibility index (Phi) is 7.20. The van der Waals surface area contributed by atoms with Crippen molar-refractivity contribution < 1.29 is 31.1 Å². The average Bonchev–Trinajstić information content (AvgIpc) is 3.11. The van der Waals surface area contributed by atoms with Gasteiger partial charge in [-0.3, -0.25) is 14.5 Å². The van der Waals surface area contributed by atoms with Gasteiger partial charge >= 0.3 is 6.18 Å². The molecule has 0 saturated carbocycles. The van der Waals surface area contributed by atoms with Crippen LogP contribution in [0.2, 0.25) is 0 Å². The first-order chi connectivity index (χ1) is 15.4. The monoisotopic (exact) mass is 485 g/mol. The maximum Gasteiger partial charge on any atom is 0.422 e. The molecule has 178 valence electrons. The van der Waals surface area contributed by atoms with E-state index in [1.165, 1.54) is 12.4 Å². The second kappa shape index (κ2) is 9.73. The van der Waals surface area contributed by atoms with Crippen LogP contribution in [0.1, 0.15) is 28.0 Å². The summed E-state index contributed by atoms with van der Waals surface area (Å²) in [6.07, 6.45) is 1.45. The summed E-state index contributed by atoms with van der Waals surface area (Å²) in [5.41, 5.74) is 1.81. The molecule has 0 fully saturated rings. The molecule has 3 heterocycles. The normalized spacial score (nSPS) is 12.2. The number of aromatic nitrogens is 4. The van der Waals surface area contributed by atoms with Gasteiger partial charge in [-0.25, -0.2) is 13.4 Å². The van der Waals surface area contributed by atoms with Crippen LogP contribution in [0.5, 0.6) is 5.88 Å². The highest BCUT2D eigenvalue weighted by Gasteiger charge is 2.29. The lowest BCUT2D eigenvalue weighted by Gasteiger charge is -2.11. The van der Waals surface area contributed by atoms with Crippen LogP contribution in [-0.4, -0.2) is 65.4 Å². The number of ether oxygens (including phenoxy) is 1. The predicted molar refractivity (Wildman–Crippen MR) is 114 cm³/mol. The smallest absolute Gasteiger partial charge is 0.422 e. The number of fused-ring (bicyclic) bond motifs is 1. The van der Waals surface area contributed by atoms with Gasteiger partial charge in [-0.05, 0) is 31.0 Å². The SMILES string of the molecule is Cc1cc(Cn2cc3c(C(=O)NCCCS(C)(=O)=O)nccc3n2)cnc1OCC(F)(F)F. The number of carbonyl (C=O) groups excluding carboxylic acids is 1. The van der Waals surface area contributed by atoms with Crippen molar-refractivity contribution >= 4 is 26.6 Å². The van der Waals surface area contributed by atoms with Gasteiger partial charge in [0.05, 0.1) is 23.2 Å². The summed E-state index contributed by atoms with van der Waals surface area (Å²) in [6, 6.07) is 3.29. The minimum Gasteiger partial charge on any atom is -0.468 e. The van der Waals surface area contributed by atoms with Crippen molar-refractivity contribution in [2.75, 3.05) is 25.2 Å².